The van der Waals surface area contributed by atoms with Gasteiger partial charge in [0.25, 0.3) is 0 Å². The minimum Gasteiger partial charge on any atom is -0.329 e. The van der Waals surface area contributed by atoms with Crippen LogP contribution in [0.4, 0.5) is 0 Å². The number of hydrogen-bond acceptors (Lipinski definition) is 3. The summed E-state index contributed by atoms with van der Waals surface area (Å²) in [6.45, 7) is 1.19. The van der Waals surface area contributed by atoms with Gasteiger partial charge in [0.2, 0.25) is 0 Å². The molecule has 0 amide bonds. The summed E-state index contributed by atoms with van der Waals surface area (Å²) in [4.78, 5) is 14.3. The lowest BCUT2D eigenvalue weighted by Gasteiger charge is -2.05. The van der Waals surface area contributed by atoms with Crippen molar-refractivity contribution in [3.63, 3.8) is 0 Å². The summed E-state index contributed by atoms with van der Waals surface area (Å²) in [7, 11) is -3.13. The summed E-state index contributed by atoms with van der Waals surface area (Å²) in [5.74, 6) is 0. The zero-order chi connectivity index (χ0) is 9.82. The Kier molecular flexibility index (Phi) is 16.6. The van der Waals surface area contributed by atoms with Crippen LogP contribution in [0.2, 0.25) is 0 Å². The van der Waals surface area contributed by atoms with Crippen LogP contribution >= 0.6 is 8.25 Å². The quantitative estimate of drug-likeness (QED) is 0.437. The lowest BCUT2D eigenvalue weighted by Crippen LogP contribution is -2.11. The average molecular weight is 198 g/mol. The van der Waals surface area contributed by atoms with Crippen LogP contribution in [0.25, 0.3) is 0 Å². The molecule has 0 unspecified atom stereocenters. The van der Waals surface area contributed by atoms with Gasteiger partial charge < -0.3 is 21.3 Å². The van der Waals surface area contributed by atoms with Crippen LogP contribution in [-0.4, -0.2) is 22.9 Å². The van der Waals surface area contributed by atoms with E-state index in [4.69, 9.17) is 25.8 Å². The highest BCUT2D eigenvalue weighted by Gasteiger charge is 1.95. The number of hydrogen-bond donors (Lipinski definition) is 4. The summed E-state index contributed by atoms with van der Waals surface area (Å²) in [6, 6.07) is 0. The average Bonchev–Trinajstić information content (AvgIpc) is 1.82. The van der Waals surface area contributed by atoms with Crippen LogP contribution in [0.1, 0.15) is 25.7 Å². The van der Waals surface area contributed by atoms with Gasteiger partial charge in [-0.15, -0.1) is 0 Å². The Morgan fingerprint density at radius 1 is 1.00 bits per heavy atom. The van der Waals surface area contributed by atoms with Crippen molar-refractivity contribution in [1.29, 1.82) is 0 Å². The maximum Gasteiger partial charge on any atom is 0.314 e. The second-order valence-corrected chi connectivity index (χ2v) is 2.84. The molecule has 0 aromatic heterocycles. The highest BCUT2D eigenvalue weighted by atomic mass is 31.1. The predicted octanol–water partition coefficient (Wildman–Crippen LogP) is -0.175. The number of rotatable bonds is 1. The number of nitrogens with two attached hydrogens (primary N) is 2. The van der Waals surface area contributed by atoms with E-state index >= 15 is 0 Å². The highest BCUT2D eigenvalue weighted by molar-refractivity contribution is 7.30. The molecular formula is C6H19N2O3P. The van der Waals surface area contributed by atoms with Crippen LogP contribution in [0.5, 0.6) is 0 Å². The van der Waals surface area contributed by atoms with Crippen molar-refractivity contribution in [3.05, 3.63) is 0 Å². The summed E-state index contributed by atoms with van der Waals surface area (Å²) in [5.41, 5.74) is 9.81. The van der Waals surface area contributed by atoms with E-state index in [1.165, 1.54) is 25.7 Å². The van der Waals surface area contributed by atoms with E-state index in [-0.39, 0.29) is 0 Å². The van der Waals surface area contributed by atoms with Crippen molar-refractivity contribution in [1.82, 2.24) is 0 Å². The molecule has 1 saturated carbocycles. The lowest BCUT2D eigenvalue weighted by atomic mass is 10.0. The fourth-order valence-corrected chi connectivity index (χ4v) is 0.250. The Morgan fingerprint density at radius 2 is 1.17 bits per heavy atom. The first kappa shape index (κ1) is 14.6. The Morgan fingerprint density at radius 3 is 1.17 bits per heavy atom. The van der Waals surface area contributed by atoms with Gasteiger partial charge in [-0.2, -0.15) is 0 Å². The van der Waals surface area contributed by atoms with Gasteiger partial charge in [-0.3, -0.25) is 4.57 Å². The summed E-state index contributed by atoms with van der Waals surface area (Å²) in [6.07, 6.45) is 6.00. The minimum absolute atomic E-state index is 0.597. The van der Waals surface area contributed by atoms with Gasteiger partial charge in [-0.05, 0) is 0 Å². The van der Waals surface area contributed by atoms with Crippen molar-refractivity contribution in [3.8, 4) is 0 Å². The zero-order valence-corrected chi connectivity index (χ0v) is 8.20. The Hall–Kier alpha value is 0.0700. The normalized spacial score (nSPS) is 13.4. The largest absolute Gasteiger partial charge is 0.329 e. The van der Waals surface area contributed by atoms with E-state index < -0.39 is 8.25 Å². The van der Waals surface area contributed by atoms with Gasteiger partial charge >= 0.3 is 8.25 Å². The molecule has 1 fully saturated rings. The molecule has 0 atom stereocenters. The van der Waals surface area contributed by atoms with E-state index in [2.05, 4.69) is 0 Å². The molecule has 0 saturated heterocycles. The monoisotopic (exact) mass is 198 g/mol. The third-order valence-corrected chi connectivity index (χ3v) is 1.17. The van der Waals surface area contributed by atoms with Crippen LogP contribution in [0.3, 0.4) is 0 Å². The van der Waals surface area contributed by atoms with E-state index in [1.807, 2.05) is 0 Å². The van der Waals surface area contributed by atoms with Crippen molar-refractivity contribution in [2.24, 2.45) is 11.5 Å². The summed E-state index contributed by atoms with van der Waals surface area (Å²) < 4.78 is 8.74. The molecule has 0 spiro atoms. The van der Waals surface area contributed by atoms with Crippen LogP contribution in [-0.2, 0) is 4.57 Å². The summed E-state index contributed by atoms with van der Waals surface area (Å²) >= 11 is 0. The van der Waals surface area contributed by atoms with E-state index in [1.54, 1.807) is 0 Å². The lowest BCUT2D eigenvalue weighted by molar-refractivity contribution is 0.405. The molecule has 1 aliphatic rings. The van der Waals surface area contributed by atoms with Crippen LogP contribution in [0, 0.1) is 0 Å². The fraction of sp³-hybridized carbons (Fsp3) is 1.00. The smallest absolute Gasteiger partial charge is 0.314 e. The van der Waals surface area contributed by atoms with E-state index in [0.717, 1.165) is 0 Å². The maximum atomic E-state index is 8.74. The molecule has 6 heteroatoms. The zero-order valence-electron chi connectivity index (χ0n) is 7.20. The highest BCUT2D eigenvalue weighted by Crippen LogP contribution is 2.15. The first-order valence-corrected chi connectivity index (χ1v) is 5.27. The van der Waals surface area contributed by atoms with Gasteiger partial charge in [0, 0.05) is 13.1 Å². The topological polar surface area (TPSA) is 110 Å². The molecule has 1 rings (SSSR count). The SMILES string of the molecule is C1CCC1.NCCN.O=[PH](O)O. The molecule has 0 radical (unpaired) electrons. The molecular weight excluding hydrogens is 179 g/mol. The molecule has 0 heterocycles. The summed E-state index contributed by atoms with van der Waals surface area (Å²) in [5, 5.41) is 0. The van der Waals surface area contributed by atoms with Crippen LogP contribution in [0.15, 0.2) is 0 Å². The van der Waals surface area contributed by atoms with Gasteiger partial charge in [0.05, 0.1) is 0 Å². The predicted molar refractivity (Wildman–Crippen MR) is 50.0 cm³/mol. The second-order valence-electron chi connectivity index (χ2n) is 2.27. The second kappa shape index (κ2) is 13.6. The molecule has 12 heavy (non-hydrogen) atoms. The molecule has 0 aromatic carbocycles. The molecule has 5 nitrogen and oxygen atoms in total. The first-order chi connectivity index (χ1) is 5.65. The molecule has 0 bridgehead atoms. The third kappa shape index (κ3) is 32.2. The Balaban J connectivity index is 0. The van der Waals surface area contributed by atoms with Crippen molar-refractivity contribution >= 4 is 8.25 Å². The molecule has 1 aliphatic carbocycles. The van der Waals surface area contributed by atoms with Crippen molar-refractivity contribution in [2.45, 2.75) is 25.7 Å². The Labute approximate surface area is 73.7 Å². The molecule has 0 aromatic rings. The van der Waals surface area contributed by atoms with E-state index in [9.17, 15) is 0 Å². The molecule has 76 valence electrons. The fourth-order valence-electron chi connectivity index (χ4n) is 0.250. The maximum absolute atomic E-state index is 8.74. The molecule has 0 aliphatic heterocycles. The van der Waals surface area contributed by atoms with Crippen molar-refractivity contribution < 1.29 is 14.4 Å². The van der Waals surface area contributed by atoms with E-state index in [0.29, 0.717) is 13.1 Å². The van der Waals surface area contributed by atoms with Gasteiger partial charge in [0.1, 0.15) is 0 Å². The van der Waals surface area contributed by atoms with Gasteiger partial charge in [-0.1, -0.05) is 25.7 Å². The van der Waals surface area contributed by atoms with Crippen LogP contribution < -0.4 is 11.5 Å². The Bertz CT molecular complexity index is 88.8. The van der Waals surface area contributed by atoms with Gasteiger partial charge in [-0.25, -0.2) is 0 Å². The first-order valence-electron chi connectivity index (χ1n) is 3.97. The van der Waals surface area contributed by atoms with Gasteiger partial charge in [0.15, 0.2) is 0 Å². The minimum atomic E-state index is -3.13. The van der Waals surface area contributed by atoms with Crippen molar-refractivity contribution in [2.75, 3.05) is 13.1 Å². The third-order valence-electron chi connectivity index (χ3n) is 1.17. The molecule has 6 N–H and O–H groups in total. The standard InChI is InChI=1S/C4H8.C2H8N2.H3O3P/c1-2-4-3-1;3-1-2-4;1-4(2)3/h2*1-4H2;4H,(H2,1,2,3).